The highest BCUT2D eigenvalue weighted by Crippen LogP contribution is 2.27. The van der Waals surface area contributed by atoms with E-state index in [4.69, 9.17) is 9.47 Å². The molecule has 1 saturated heterocycles. The molecule has 33 heavy (non-hydrogen) atoms. The lowest BCUT2D eigenvalue weighted by Crippen LogP contribution is -2.36. The Morgan fingerprint density at radius 2 is 1.91 bits per heavy atom. The zero-order valence-corrected chi connectivity index (χ0v) is 18.4. The maximum atomic E-state index is 12.8. The Morgan fingerprint density at radius 1 is 1.12 bits per heavy atom. The molecule has 4 rings (SSSR count). The number of carbonyl (C=O) groups is 4. The first-order chi connectivity index (χ1) is 15.9. The van der Waals surface area contributed by atoms with Gasteiger partial charge >= 0.3 is 5.97 Å². The number of rotatable bonds is 7. The molecule has 2 aromatic rings. The number of benzene rings is 2. The van der Waals surface area contributed by atoms with Gasteiger partial charge in [0.1, 0.15) is 5.75 Å². The number of ether oxygens (including phenoxy) is 3. The molecule has 2 aliphatic rings. The molecule has 0 spiro atoms. The van der Waals surface area contributed by atoms with Crippen LogP contribution in [0.5, 0.6) is 5.75 Å². The van der Waals surface area contributed by atoms with Crippen molar-refractivity contribution in [2.45, 2.75) is 25.9 Å². The second-order valence-corrected chi connectivity index (χ2v) is 7.91. The van der Waals surface area contributed by atoms with Crippen LogP contribution in [-0.4, -0.2) is 61.6 Å². The molecule has 9 heteroatoms. The Labute approximate surface area is 190 Å². The summed E-state index contributed by atoms with van der Waals surface area (Å²) in [5.41, 5.74) is 2.04. The standard InChI is InChI=1S/C24H24N2O7/c1-14-10-16(33-13-21(27)31-2)6-8-20(14)25-22(28)15-5-7-18-19(11-15)24(30)26(23(18)29)12-17-4-3-9-32-17/h5-8,10-11,17H,3-4,9,12-13H2,1-2H3,(H,25,28). The van der Waals surface area contributed by atoms with E-state index in [-0.39, 0.29) is 41.9 Å². The first-order valence-corrected chi connectivity index (χ1v) is 10.6. The molecular formula is C24H24N2O7. The smallest absolute Gasteiger partial charge is 0.343 e. The predicted molar refractivity (Wildman–Crippen MR) is 117 cm³/mol. The number of anilines is 1. The molecule has 2 aliphatic heterocycles. The van der Waals surface area contributed by atoms with Gasteiger partial charge in [-0.15, -0.1) is 0 Å². The molecule has 0 bridgehead atoms. The van der Waals surface area contributed by atoms with Crippen LogP contribution in [0.4, 0.5) is 5.69 Å². The molecular weight excluding hydrogens is 428 g/mol. The summed E-state index contributed by atoms with van der Waals surface area (Å²) in [5, 5.41) is 2.80. The summed E-state index contributed by atoms with van der Waals surface area (Å²) < 4.78 is 15.4. The molecule has 1 fully saturated rings. The van der Waals surface area contributed by atoms with E-state index < -0.39 is 17.8 Å². The number of methoxy groups -OCH3 is 1. The number of esters is 1. The van der Waals surface area contributed by atoms with Crippen LogP contribution in [0.1, 0.15) is 49.5 Å². The van der Waals surface area contributed by atoms with Crippen LogP contribution in [0.2, 0.25) is 0 Å². The van der Waals surface area contributed by atoms with Gasteiger partial charge in [0.05, 0.1) is 30.9 Å². The third-order valence-corrected chi connectivity index (χ3v) is 5.67. The van der Waals surface area contributed by atoms with Gasteiger partial charge in [-0.2, -0.15) is 0 Å². The van der Waals surface area contributed by atoms with Gasteiger partial charge in [0, 0.05) is 17.9 Å². The molecule has 1 N–H and O–H groups in total. The summed E-state index contributed by atoms with van der Waals surface area (Å²) in [5.74, 6) is -1.23. The minimum atomic E-state index is -0.496. The van der Waals surface area contributed by atoms with Crippen molar-refractivity contribution in [3.63, 3.8) is 0 Å². The largest absolute Gasteiger partial charge is 0.482 e. The van der Waals surface area contributed by atoms with Crippen LogP contribution >= 0.6 is 0 Å². The van der Waals surface area contributed by atoms with E-state index in [0.717, 1.165) is 18.4 Å². The number of fused-ring (bicyclic) bond motifs is 1. The summed E-state index contributed by atoms with van der Waals surface area (Å²) in [7, 11) is 1.28. The van der Waals surface area contributed by atoms with Gasteiger partial charge in [0.25, 0.3) is 17.7 Å². The molecule has 1 unspecified atom stereocenters. The van der Waals surface area contributed by atoms with Gasteiger partial charge in [-0.05, 0) is 61.7 Å². The van der Waals surface area contributed by atoms with Crippen LogP contribution in [0.3, 0.4) is 0 Å². The maximum Gasteiger partial charge on any atom is 0.343 e. The Morgan fingerprint density at radius 3 is 2.61 bits per heavy atom. The summed E-state index contributed by atoms with van der Waals surface area (Å²) in [4.78, 5) is 50.7. The number of hydrogen-bond donors (Lipinski definition) is 1. The van der Waals surface area contributed by atoms with Crippen molar-refractivity contribution >= 4 is 29.4 Å². The molecule has 2 heterocycles. The van der Waals surface area contributed by atoms with Crippen molar-refractivity contribution in [2.75, 3.05) is 32.2 Å². The second-order valence-electron chi connectivity index (χ2n) is 7.91. The predicted octanol–water partition coefficient (Wildman–Crippen LogP) is 2.57. The van der Waals surface area contributed by atoms with E-state index in [1.54, 1.807) is 25.1 Å². The van der Waals surface area contributed by atoms with Gasteiger partial charge in [0.2, 0.25) is 0 Å². The quantitative estimate of drug-likeness (QED) is 0.508. The highest BCUT2D eigenvalue weighted by molar-refractivity contribution is 6.22. The number of carbonyl (C=O) groups excluding carboxylic acids is 4. The lowest BCUT2D eigenvalue weighted by Gasteiger charge is -2.17. The van der Waals surface area contributed by atoms with Crippen LogP contribution in [0, 0.1) is 6.92 Å². The van der Waals surface area contributed by atoms with Crippen LogP contribution in [-0.2, 0) is 14.3 Å². The molecule has 0 saturated carbocycles. The van der Waals surface area contributed by atoms with Gasteiger partial charge < -0.3 is 19.5 Å². The normalized spacial score (nSPS) is 17.2. The fourth-order valence-corrected chi connectivity index (χ4v) is 3.85. The molecule has 3 amide bonds. The van der Waals surface area contributed by atoms with Crippen molar-refractivity contribution in [1.29, 1.82) is 0 Å². The number of imide groups is 1. The van der Waals surface area contributed by atoms with Gasteiger partial charge in [-0.3, -0.25) is 19.3 Å². The highest BCUT2D eigenvalue weighted by atomic mass is 16.6. The Bertz CT molecular complexity index is 1120. The Balaban J connectivity index is 1.45. The number of amides is 3. The average molecular weight is 452 g/mol. The molecule has 0 aliphatic carbocycles. The zero-order chi connectivity index (χ0) is 23.5. The molecule has 2 aromatic carbocycles. The van der Waals surface area contributed by atoms with Crippen molar-refractivity contribution in [3.05, 3.63) is 58.7 Å². The Hall–Kier alpha value is -3.72. The first-order valence-electron chi connectivity index (χ1n) is 10.6. The van der Waals surface area contributed by atoms with Crippen molar-refractivity contribution in [3.8, 4) is 5.75 Å². The fourth-order valence-electron chi connectivity index (χ4n) is 3.85. The highest BCUT2D eigenvalue weighted by Gasteiger charge is 2.38. The van der Waals surface area contributed by atoms with Crippen LogP contribution in [0.25, 0.3) is 0 Å². The average Bonchev–Trinajstić information content (AvgIpc) is 3.41. The van der Waals surface area contributed by atoms with E-state index in [1.807, 2.05) is 0 Å². The first kappa shape index (κ1) is 22.5. The fraction of sp³-hybridized carbons (Fsp3) is 0.333. The molecule has 172 valence electrons. The maximum absolute atomic E-state index is 12.8. The third kappa shape index (κ3) is 4.73. The van der Waals surface area contributed by atoms with Gasteiger partial charge in [-0.25, -0.2) is 4.79 Å². The van der Waals surface area contributed by atoms with Crippen molar-refractivity contribution in [1.82, 2.24) is 4.90 Å². The lowest BCUT2D eigenvalue weighted by molar-refractivity contribution is -0.142. The number of hydrogen-bond acceptors (Lipinski definition) is 7. The van der Waals surface area contributed by atoms with E-state index in [0.29, 0.717) is 18.0 Å². The van der Waals surface area contributed by atoms with Gasteiger partial charge in [0.15, 0.2) is 6.61 Å². The number of nitrogens with zero attached hydrogens (tertiary/aromatic N) is 1. The lowest BCUT2D eigenvalue weighted by atomic mass is 10.0. The van der Waals surface area contributed by atoms with Crippen molar-refractivity contribution < 1.29 is 33.4 Å². The number of nitrogens with one attached hydrogen (secondary N) is 1. The van der Waals surface area contributed by atoms with Gasteiger partial charge in [-0.1, -0.05) is 0 Å². The van der Waals surface area contributed by atoms with Crippen molar-refractivity contribution in [2.24, 2.45) is 0 Å². The van der Waals surface area contributed by atoms with E-state index in [9.17, 15) is 19.2 Å². The SMILES string of the molecule is COC(=O)COc1ccc(NC(=O)c2ccc3c(c2)C(=O)N(CC2CCCO2)C3=O)c(C)c1. The minimum absolute atomic E-state index is 0.141. The minimum Gasteiger partial charge on any atom is -0.482 e. The molecule has 9 nitrogen and oxygen atoms in total. The molecule has 1 atom stereocenters. The second kappa shape index (κ2) is 9.41. The monoisotopic (exact) mass is 452 g/mol. The third-order valence-electron chi connectivity index (χ3n) is 5.67. The van der Waals surface area contributed by atoms with Crippen LogP contribution in [0.15, 0.2) is 36.4 Å². The summed E-state index contributed by atoms with van der Waals surface area (Å²) in [6.07, 6.45) is 1.58. The van der Waals surface area contributed by atoms with E-state index >= 15 is 0 Å². The summed E-state index contributed by atoms with van der Waals surface area (Å²) in [6.45, 7) is 2.43. The Kier molecular flexibility index (Phi) is 6.41. The summed E-state index contributed by atoms with van der Waals surface area (Å²) >= 11 is 0. The topological polar surface area (TPSA) is 111 Å². The molecule has 0 radical (unpaired) electrons. The van der Waals surface area contributed by atoms with E-state index in [2.05, 4.69) is 10.1 Å². The van der Waals surface area contributed by atoms with E-state index in [1.165, 1.54) is 30.2 Å². The molecule has 0 aromatic heterocycles. The van der Waals surface area contributed by atoms with Crippen LogP contribution < -0.4 is 10.1 Å². The number of aryl methyl sites for hydroxylation is 1. The summed E-state index contributed by atoms with van der Waals surface area (Å²) in [6, 6.07) is 9.45. The zero-order valence-electron chi connectivity index (χ0n) is 18.4.